The Balaban J connectivity index is 2.85. The Kier molecular flexibility index (Phi) is 4.96. The Labute approximate surface area is 97.3 Å². The molecule has 0 saturated heterocycles. The molecule has 1 heterocycles. The lowest BCUT2D eigenvalue weighted by molar-refractivity contribution is -0.0443. The highest BCUT2D eigenvalue weighted by Gasteiger charge is 2.26. The number of hydrogen-bond acceptors (Lipinski definition) is 3. The molecule has 1 aromatic heterocycles. The first-order valence-corrected chi connectivity index (χ1v) is 5.83. The highest BCUT2D eigenvalue weighted by atomic mass is 16.5. The summed E-state index contributed by atoms with van der Waals surface area (Å²) in [6, 6.07) is 0. The second-order valence-corrected chi connectivity index (χ2v) is 4.37. The molecule has 0 amide bonds. The zero-order chi connectivity index (χ0) is 12.1. The SMILES string of the molecule is CCCn1ccnc1C(O)C(OC)C(C)C. The molecule has 0 aliphatic carbocycles. The van der Waals surface area contributed by atoms with Crippen molar-refractivity contribution in [1.29, 1.82) is 0 Å². The Morgan fingerprint density at radius 1 is 1.50 bits per heavy atom. The van der Waals surface area contributed by atoms with E-state index in [4.69, 9.17) is 4.74 Å². The molecule has 0 spiro atoms. The van der Waals surface area contributed by atoms with Gasteiger partial charge in [0.05, 0.1) is 6.10 Å². The predicted molar refractivity (Wildman–Crippen MR) is 63.1 cm³/mol. The van der Waals surface area contributed by atoms with Crippen molar-refractivity contribution in [1.82, 2.24) is 9.55 Å². The lowest BCUT2D eigenvalue weighted by Crippen LogP contribution is -2.28. The number of rotatable bonds is 6. The number of imidazole rings is 1. The Morgan fingerprint density at radius 2 is 2.19 bits per heavy atom. The van der Waals surface area contributed by atoms with Crippen molar-refractivity contribution >= 4 is 0 Å². The summed E-state index contributed by atoms with van der Waals surface area (Å²) in [5, 5.41) is 10.2. The lowest BCUT2D eigenvalue weighted by atomic mass is 10.0. The predicted octanol–water partition coefficient (Wildman–Crippen LogP) is 2.00. The lowest BCUT2D eigenvalue weighted by Gasteiger charge is -2.25. The average molecular weight is 226 g/mol. The molecule has 16 heavy (non-hydrogen) atoms. The number of aromatic nitrogens is 2. The van der Waals surface area contributed by atoms with Gasteiger partial charge in [0.2, 0.25) is 0 Å². The van der Waals surface area contributed by atoms with Gasteiger partial charge in [0.1, 0.15) is 11.9 Å². The van der Waals surface area contributed by atoms with Crippen molar-refractivity contribution in [2.24, 2.45) is 5.92 Å². The molecule has 0 bridgehead atoms. The molecular formula is C12H22N2O2. The molecule has 0 saturated carbocycles. The molecule has 4 nitrogen and oxygen atoms in total. The summed E-state index contributed by atoms with van der Waals surface area (Å²) in [6.45, 7) is 7.04. The van der Waals surface area contributed by atoms with Gasteiger partial charge < -0.3 is 14.4 Å². The molecule has 0 aliphatic rings. The zero-order valence-corrected chi connectivity index (χ0v) is 10.6. The number of aliphatic hydroxyl groups is 1. The van der Waals surface area contributed by atoms with Crippen LogP contribution in [0.15, 0.2) is 12.4 Å². The van der Waals surface area contributed by atoms with E-state index in [1.807, 2.05) is 24.6 Å². The fourth-order valence-electron chi connectivity index (χ4n) is 1.93. The van der Waals surface area contributed by atoms with E-state index in [-0.39, 0.29) is 12.0 Å². The van der Waals surface area contributed by atoms with Crippen molar-refractivity contribution in [3.05, 3.63) is 18.2 Å². The van der Waals surface area contributed by atoms with E-state index in [1.54, 1.807) is 13.3 Å². The van der Waals surface area contributed by atoms with E-state index in [0.717, 1.165) is 13.0 Å². The average Bonchev–Trinajstić information content (AvgIpc) is 2.66. The highest BCUT2D eigenvalue weighted by Crippen LogP contribution is 2.23. The summed E-state index contributed by atoms with van der Waals surface area (Å²) in [7, 11) is 1.63. The molecule has 1 rings (SSSR count). The third kappa shape index (κ3) is 2.83. The molecule has 1 aromatic rings. The van der Waals surface area contributed by atoms with Crippen molar-refractivity contribution in [2.75, 3.05) is 7.11 Å². The molecule has 2 atom stereocenters. The minimum absolute atomic E-state index is 0.210. The monoisotopic (exact) mass is 226 g/mol. The molecule has 0 aliphatic heterocycles. The second kappa shape index (κ2) is 6.01. The van der Waals surface area contributed by atoms with Crippen LogP contribution < -0.4 is 0 Å². The van der Waals surface area contributed by atoms with E-state index in [0.29, 0.717) is 5.82 Å². The molecule has 1 N–H and O–H groups in total. The first-order valence-electron chi connectivity index (χ1n) is 5.83. The van der Waals surface area contributed by atoms with Gasteiger partial charge in [-0.25, -0.2) is 4.98 Å². The van der Waals surface area contributed by atoms with Gasteiger partial charge >= 0.3 is 0 Å². The molecule has 0 fully saturated rings. The quantitative estimate of drug-likeness (QED) is 0.807. The van der Waals surface area contributed by atoms with Crippen LogP contribution >= 0.6 is 0 Å². The van der Waals surface area contributed by atoms with Crippen LogP contribution in [-0.4, -0.2) is 27.9 Å². The number of hydrogen-bond donors (Lipinski definition) is 1. The number of methoxy groups -OCH3 is 1. The van der Waals surface area contributed by atoms with E-state index in [2.05, 4.69) is 11.9 Å². The number of aliphatic hydroxyl groups excluding tert-OH is 1. The van der Waals surface area contributed by atoms with E-state index in [9.17, 15) is 5.11 Å². The van der Waals surface area contributed by atoms with Crippen molar-refractivity contribution in [3.63, 3.8) is 0 Å². The third-order valence-corrected chi connectivity index (χ3v) is 2.72. The van der Waals surface area contributed by atoms with Gasteiger partial charge in [0, 0.05) is 26.0 Å². The van der Waals surface area contributed by atoms with Crippen molar-refractivity contribution in [3.8, 4) is 0 Å². The van der Waals surface area contributed by atoms with Gasteiger partial charge in [-0.3, -0.25) is 0 Å². The topological polar surface area (TPSA) is 47.3 Å². The van der Waals surface area contributed by atoms with Gasteiger partial charge in [0.25, 0.3) is 0 Å². The minimum atomic E-state index is -0.661. The summed E-state index contributed by atoms with van der Waals surface area (Å²) in [4.78, 5) is 4.22. The summed E-state index contributed by atoms with van der Waals surface area (Å²) in [5.41, 5.74) is 0. The molecule has 0 radical (unpaired) electrons. The standard InChI is InChI=1S/C12H22N2O2/c1-5-7-14-8-6-13-12(14)10(15)11(16-4)9(2)3/h6,8-11,15H,5,7H2,1-4H3. The molecular weight excluding hydrogens is 204 g/mol. The summed E-state index contributed by atoms with van der Waals surface area (Å²) in [6.07, 6.45) is 3.77. The van der Waals surface area contributed by atoms with Crippen LogP contribution in [0.2, 0.25) is 0 Å². The van der Waals surface area contributed by atoms with Crippen LogP contribution in [0.25, 0.3) is 0 Å². The van der Waals surface area contributed by atoms with Crippen LogP contribution in [0.5, 0.6) is 0 Å². The fourth-order valence-corrected chi connectivity index (χ4v) is 1.93. The van der Waals surface area contributed by atoms with Crippen LogP contribution in [0.3, 0.4) is 0 Å². The zero-order valence-electron chi connectivity index (χ0n) is 10.6. The van der Waals surface area contributed by atoms with Crippen LogP contribution in [0.4, 0.5) is 0 Å². The number of ether oxygens (including phenoxy) is 1. The molecule has 4 heteroatoms. The molecule has 0 aromatic carbocycles. The van der Waals surface area contributed by atoms with Crippen LogP contribution in [0.1, 0.15) is 39.1 Å². The maximum atomic E-state index is 10.2. The first kappa shape index (κ1) is 13.2. The summed E-state index contributed by atoms with van der Waals surface area (Å²) >= 11 is 0. The number of aryl methyl sites for hydroxylation is 1. The Hall–Kier alpha value is -0.870. The normalized spacial score (nSPS) is 15.4. The van der Waals surface area contributed by atoms with Gasteiger partial charge in [-0.1, -0.05) is 20.8 Å². The van der Waals surface area contributed by atoms with Gasteiger partial charge in [-0.2, -0.15) is 0 Å². The van der Waals surface area contributed by atoms with Crippen LogP contribution in [-0.2, 0) is 11.3 Å². The highest BCUT2D eigenvalue weighted by molar-refractivity contribution is 4.99. The van der Waals surface area contributed by atoms with E-state index in [1.165, 1.54) is 0 Å². The maximum Gasteiger partial charge on any atom is 0.140 e. The Morgan fingerprint density at radius 3 is 2.69 bits per heavy atom. The maximum absolute atomic E-state index is 10.2. The smallest absolute Gasteiger partial charge is 0.140 e. The first-order chi connectivity index (χ1) is 7.61. The molecule has 2 unspecified atom stereocenters. The van der Waals surface area contributed by atoms with Gasteiger partial charge in [-0.15, -0.1) is 0 Å². The second-order valence-electron chi connectivity index (χ2n) is 4.37. The van der Waals surface area contributed by atoms with Crippen molar-refractivity contribution in [2.45, 2.75) is 45.9 Å². The molecule has 92 valence electrons. The summed E-state index contributed by atoms with van der Waals surface area (Å²) in [5.74, 6) is 0.953. The number of nitrogens with zero attached hydrogens (tertiary/aromatic N) is 2. The van der Waals surface area contributed by atoms with E-state index < -0.39 is 6.10 Å². The van der Waals surface area contributed by atoms with Gasteiger partial charge in [0.15, 0.2) is 0 Å². The van der Waals surface area contributed by atoms with Crippen molar-refractivity contribution < 1.29 is 9.84 Å². The fraction of sp³-hybridized carbons (Fsp3) is 0.750. The largest absolute Gasteiger partial charge is 0.382 e. The Bertz CT molecular complexity index is 310. The van der Waals surface area contributed by atoms with Gasteiger partial charge in [-0.05, 0) is 12.3 Å². The van der Waals surface area contributed by atoms with Crippen LogP contribution in [0, 0.1) is 5.92 Å². The minimum Gasteiger partial charge on any atom is -0.382 e. The van der Waals surface area contributed by atoms with E-state index >= 15 is 0 Å². The third-order valence-electron chi connectivity index (χ3n) is 2.72. The summed E-state index contributed by atoms with van der Waals surface area (Å²) < 4.78 is 7.31.